The van der Waals surface area contributed by atoms with Crippen molar-refractivity contribution in [2.24, 2.45) is 0 Å². The molecule has 0 unspecified atom stereocenters. The standard InChI is InChI=1S/C15H14ClFN2OS/c1-9-2-4-11(7-12(9)16)19-15(20)8-21-14-6-10(17)3-5-13(14)18/h2-7H,8,18H2,1H3,(H,19,20). The number of carbonyl (C=O) groups excluding carboxylic acids is 1. The van der Waals surface area contributed by atoms with Crippen LogP contribution in [0.15, 0.2) is 41.3 Å². The molecule has 0 aliphatic carbocycles. The maximum Gasteiger partial charge on any atom is 0.234 e. The molecule has 110 valence electrons. The number of aryl methyl sites for hydroxylation is 1. The summed E-state index contributed by atoms with van der Waals surface area (Å²) in [4.78, 5) is 12.4. The Hall–Kier alpha value is -1.72. The molecule has 0 saturated heterocycles. The molecule has 2 aromatic carbocycles. The lowest BCUT2D eigenvalue weighted by Gasteiger charge is -2.08. The molecule has 0 bridgehead atoms. The fourth-order valence-electron chi connectivity index (χ4n) is 1.64. The lowest BCUT2D eigenvalue weighted by atomic mass is 10.2. The third-order valence-corrected chi connectivity index (χ3v) is 4.27. The van der Waals surface area contributed by atoms with Gasteiger partial charge in [-0.25, -0.2) is 4.39 Å². The highest BCUT2D eigenvalue weighted by molar-refractivity contribution is 8.00. The Morgan fingerprint density at radius 2 is 2.10 bits per heavy atom. The van der Waals surface area contributed by atoms with Gasteiger partial charge in [0.2, 0.25) is 5.91 Å². The molecule has 0 spiro atoms. The first-order valence-electron chi connectivity index (χ1n) is 6.19. The van der Waals surface area contributed by atoms with E-state index in [1.54, 1.807) is 12.1 Å². The second kappa shape index (κ2) is 6.83. The summed E-state index contributed by atoms with van der Waals surface area (Å²) < 4.78 is 13.1. The summed E-state index contributed by atoms with van der Waals surface area (Å²) in [5, 5.41) is 3.33. The summed E-state index contributed by atoms with van der Waals surface area (Å²) in [6.45, 7) is 1.89. The van der Waals surface area contributed by atoms with Crippen LogP contribution in [0.4, 0.5) is 15.8 Å². The maximum atomic E-state index is 13.1. The zero-order valence-electron chi connectivity index (χ0n) is 11.3. The minimum absolute atomic E-state index is 0.138. The van der Waals surface area contributed by atoms with Crippen molar-refractivity contribution in [2.45, 2.75) is 11.8 Å². The number of carbonyl (C=O) groups is 1. The number of anilines is 2. The quantitative estimate of drug-likeness (QED) is 0.657. The van der Waals surface area contributed by atoms with Crippen LogP contribution in [0.25, 0.3) is 0 Å². The van der Waals surface area contributed by atoms with Crippen molar-refractivity contribution in [1.29, 1.82) is 0 Å². The molecule has 3 nitrogen and oxygen atoms in total. The zero-order valence-corrected chi connectivity index (χ0v) is 12.9. The lowest BCUT2D eigenvalue weighted by Crippen LogP contribution is -2.14. The molecule has 21 heavy (non-hydrogen) atoms. The molecule has 0 heterocycles. The van der Waals surface area contributed by atoms with Crippen molar-refractivity contribution in [3.05, 3.63) is 52.8 Å². The van der Waals surface area contributed by atoms with Crippen LogP contribution in [0.5, 0.6) is 0 Å². The number of rotatable bonds is 4. The van der Waals surface area contributed by atoms with Crippen molar-refractivity contribution < 1.29 is 9.18 Å². The zero-order chi connectivity index (χ0) is 15.4. The molecular weight excluding hydrogens is 311 g/mol. The van der Waals surface area contributed by atoms with Gasteiger partial charge in [-0.1, -0.05) is 17.7 Å². The minimum Gasteiger partial charge on any atom is -0.398 e. The molecule has 0 atom stereocenters. The van der Waals surface area contributed by atoms with E-state index >= 15 is 0 Å². The van der Waals surface area contributed by atoms with Crippen molar-refractivity contribution in [1.82, 2.24) is 0 Å². The number of thioether (sulfide) groups is 1. The van der Waals surface area contributed by atoms with E-state index in [0.717, 1.165) is 5.56 Å². The van der Waals surface area contributed by atoms with E-state index in [2.05, 4.69) is 5.32 Å². The van der Waals surface area contributed by atoms with E-state index < -0.39 is 0 Å². The third kappa shape index (κ3) is 4.37. The Bertz CT molecular complexity index is 679. The number of nitrogen functional groups attached to an aromatic ring is 1. The van der Waals surface area contributed by atoms with Gasteiger partial charge in [0, 0.05) is 21.3 Å². The maximum absolute atomic E-state index is 13.1. The van der Waals surface area contributed by atoms with Gasteiger partial charge < -0.3 is 11.1 Å². The van der Waals surface area contributed by atoms with Crippen LogP contribution >= 0.6 is 23.4 Å². The van der Waals surface area contributed by atoms with Crippen molar-refractivity contribution in [3.63, 3.8) is 0 Å². The van der Waals surface area contributed by atoms with Crippen molar-refractivity contribution >= 4 is 40.6 Å². The predicted molar refractivity (Wildman–Crippen MR) is 86.4 cm³/mol. The second-order valence-corrected chi connectivity index (χ2v) is 5.91. The summed E-state index contributed by atoms with van der Waals surface area (Å²) in [7, 11) is 0. The van der Waals surface area contributed by atoms with Crippen LogP contribution in [0.3, 0.4) is 0 Å². The van der Waals surface area contributed by atoms with Gasteiger partial charge in [-0.2, -0.15) is 0 Å². The summed E-state index contributed by atoms with van der Waals surface area (Å²) in [6.07, 6.45) is 0. The number of benzene rings is 2. The molecule has 3 N–H and O–H groups in total. The molecule has 0 fully saturated rings. The van der Waals surface area contributed by atoms with Crippen molar-refractivity contribution in [3.8, 4) is 0 Å². The Morgan fingerprint density at radius 1 is 1.33 bits per heavy atom. The monoisotopic (exact) mass is 324 g/mol. The SMILES string of the molecule is Cc1ccc(NC(=O)CSc2cc(F)ccc2N)cc1Cl. The van der Waals surface area contributed by atoms with Crippen molar-refractivity contribution in [2.75, 3.05) is 16.8 Å². The molecule has 2 rings (SSSR count). The summed E-state index contributed by atoms with van der Waals surface area (Å²) in [6, 6.07) is 9.38. The molecule has 6 heteroatoms. The number of nitrogens with one attached hydrogen (secondary N) is 1. The molecule has 0 aromatic heterocycles. The molecular formula is C15H14ClFN2OS. The smallest absolute Gasteiger partial charge is 0.234 e. The fraction of sp³-hybridized carbons (Fsp3) is 0.133. The fourth-order valence-corrected chi connectivity index (χ4v) is 2.61. The summed E-state index contributed by atoms with van der Waals surface area (Å²) in [5.41, 5.74) is 7.75. The van der Waals surface area contributed by atoms with E-state index in [9.17, 15) is 9.18 Å². The number of hydrogen-bond acceptors (Lipinski definition) is 3. The van der Waals surface area contributed by atoms with Gasteiger partial charge in [0.1, 0.15) is 5.82 Å². The van der Waals surface area contributed by atoms with E-state index in [4.69, 9.17) is 17.3 Å². The Labute approximate surface area is 131 Å². The molecule has 0 saturated carbocycles. The first-order chi connectivity index (χ1) is 9.95. The molecule has 2 aromatic rings. The normalized spacial score (nSPS) is 10.4. The third-order valence-electron chi connectivity index (χ3n) is 2.79. The number of amides is 1. The van der Waals surface area contributed by atoms with Crippen LogP contribution in [0, 0.1) is 12.7 Å². The highest BCUT2D eigenvalue weighted by Gasteiger charge is 2.08. The Morgan fingerprint density at radius 3 is 2.81 bits per heavy atom. The molecule has 0 aliphatic heterocycles. The van der Waals surface area contributed by atoms with Gasteiger partial charge in [-0.05, 0) is 42.8 Å². The molecule has 0 aliphatic rings. The van der Waals surface area contributed by atoms with E-state index in [0.29, 0.717) is 21.3 Å². The highest BCUT2D eigenvalue weighted by Crippen LogP contribution is 2.26. The second-order valence-electron chi connectivity index (χ2n) is 4.48. The van der Waals surface area contributed by atoms with Crippen LogP contribution in [0.1, 0.15) is 5.56 Å². The summed E-state index contributed by atoms with van der Waals surface area (Å²) >= 11 is 7.18. The summed E-state index contributed by atoms with van der Waals surface area (Å²) in [5.74, 6) is -0.444. The Balaban J connectivity index is 1.95. The van der Waals surface area contributed by atoms with Gasteiger partial charge >= 0.3 is 0 Å². The topological polar surface area (TPSA) is 55.1 Å². The average molecular weight is 325 g/mol. The van der Waals surface area contributed by atoms with Crippen LogP contribution in [-0.4, -0.2) is 11.7 Å². The van der Waals surface area contributed by atoms with E-state index in [-0.39, 0.29) is 17.5 Å². The largest absolute Gasteiger partial charge is 0.398 e. The number of nitrogens with two attached hydrogens (primary N) is 1. The van der Waals surface area contributed by atoms with Crippen LogP contribution < -0.4 is 11.1 Å². The first-order valence-corrected chi connectivity index (χ1v) is 7.56. The molecule has 1 amide bonds. The van der Waals surface area contributed by atoms with Gasteiger partial charge in [-0.15, -0.1) is 11.8 Å². The van der Waals surface area contributed by atoms with Gasteiger partial charge in [-0.3, -0.25) is 4.79 Å². The van der Waals surface area contributed by atoms with Gasteiger partial charge in [0.25, 0.3) is 0 Å². The predicted octanol–water partition coefficient (Wildman–Crippen LogP) is 4.10. The number of hydrogen-bond donors (Lipinski definition) is 2. The van der Waals surface area contributed by atoms with Gasteiger partial charge in [0.15, 0.2) is 0 Å². The molecule has 0 radical (unpaired) electrons. The minimum atomic E-state index is -0.377. The van der Waals surface area contributed by atoms with E-state index in [1.807, 2.05) is 13.0 Å². The van der Waals surface area contributed by atoms with Gasteiger partial charge in [0.05, 0.1) is 5.75 Å². The average Bonchev–Trinajstić information content (AvgIpc) is 2.44. The highest BCUT2D eigenvalue weighted by atomic mass is 35.5. The van der Waals surface area contributed by atoms with Crippen LogP contribution in [-0.2, 0) is 4.79 Å². The van der Waals surface area contributed by atoms with Crippen LogP contribution in [0.2, 0.25) is 5.02 Å². The van der Waals surface area contributed by atoms with E-state index in [1.165, 1.54) is 30.0 Å². The number of halogens is 2. The Kier molecular flexibility index (Phi) is 5.09. The lowest BCUT2D eigenvalue weighted by molar-refractivity contribution is -0.113. The first kappa shape index (κ1) is 15.7.